The minimum Gasteiger partial charge on any atom is -0.400 e. The van der Waals surface area contributed by atoms with Gasteiger partial charge in [-0.05, 0) is 0 Å². The molecule has 0 saturated carbocycles. The van der Waals surface area contributed by atoms with Gasteiger partial charge in [-0.25, -0.2) is 0 Å². The van der Waals surface area contributed by atoms with Crippen LogP contribution in [0.15, 0.2) is 0 Å². The van der Waals surface area contributed by atoms with E-state index in [0.717, 1.165) is 7.11 Å². The topological polar surface area (TPSA) is 20.2 Å². The van der Waals surface area contributed by atoms with E-state index in [2.05, 4.69) is 0 Å². The third-order valence-corrected chi connectivity index (χ3v) is 0. The second-order valence-electron chi connectivity index (χ2n) is 0. The van der Waals surface area contributed by atoms with Crippen LogP contribution in [0.1, 0.15) is 78.1 Å². The number of aliphatic hydroxyl groups is 1. The van der Waals surface area contributed by atoms with E-state index in [-0.39, 0.29) is 17.3 Å². The van der Waals surface area contributed by atoms with E-state index in [0.29, 0.717) is 0 Å². The largest absolute Gasteiger partial charge is 0.400 e. The van der Waals surface area contributed by atoms with Crippen molar-refractivity contribution in [3.8, 4) is 0 Å². The highest BCUT2D eigenvalue weighted by Crippen LogP contribution is 1.15. The van der Waals surface area contributed by atoms with Crippen molar-refractivity contribution in [2.75, 3.05) is 7.11 Å². The van der Waals surface area contributed by atoms with Crippen molar-refractivity contribution in [3.05, 3.63) is 0 Å². The maximum atomic E-state index is 7.00. The van der Waals surface area contributed by atoms with Gasteiger partial charge in [0.05, 0.1) is 0 Å². The Hall–Kier alpha value is 0.0249. The van der Waals surface area contributed by atoms with E-state index < -0.39 is 0 Å². The zero-order valence-electron chi connectivity index (χ0n) is 12.0. The molecule has 0 heterocycles. The van der Waals surface area contributed by atoms with Crippen molar-refractivity contribution in [3.63, 3.8) is 0 Å². The molecule has 2 heteroatoms. The summed E-state index contributed by atoms with van der Waals surface area (Å²) in [5.41, 5.74) is 0. The Morgan fingerprint density at radius 2 is 0.500 bits per heavy atom. The van der Waals surface area contributed by atoms with Gasteiger partial charge in [-0.15, -0.1) is 0 Å². The maximum Gasteiger partial charge on any atom is 0.0319 e. The van der Waals surface area contributed by atoms with E-state index in [1.165, 1.54) is 0 Å². The third kappa shape index (κ3) is 2350000. The summed E-state index contributed by atoms with van der Waals surface area (Å²) in [5, 5.41) is 7.00. The highest BCUT2D eigenvalue weighted by molar-refractivity contribution is 5.75. The molecule has 0 bridgehead atoms. The van der Waals surface area contributed by atoms with E-state index >= 15 is 0 Å². The number of rotatable bonds is 0. The van der Waals surface area contributed by atoms with Crippen LogP contribution >= 0.6 is 0 Å². The first-order valence-corrected chi connectivity index (χ1v) is 5.45. The predicted octanol–water partition coefficient (Wildman–Crippen LogP) is 5.24. The normalized spacial score (nSPS) is 2.57. The maximum absolute atomic E-state index is 7.00. The second kappa shape index (κ2) is 3030000. The predicted molar refractivity (Wildman–Crippen MR) is 79.5 cm³/mol. The van der Waals surface area contributed by atoms with Gasteiger partial charge in [-0.3, -0.25) is 0 Å². The lowest BCUT2D eigenvalue weighted by Gasteiger charge is -1.21. The van der Waals surface area contributed by atoms with Gasteiger partial charge in [-0.2, -0.15) is 0 Å². The van der Waals surface area contributed by atoms with Crippen LogP contribution in [-0.2, 0) is 0 Å². The van der Waals surface area contributed by atoms with Crippen LogP contribution in [-0.4, -0.2) is 20.6 Å². The summed E-state index contributed by atoms with van der Waals surface area (Å²) < 4.78 is 0. The molecular weight excluding hydrogens is 171 g/mol. The average Bonchev–Trinajstić information content (AvgIpc) is 2.33. The molecule has 0 saturated heterocycles. The standard InChI is InChI=1S/5C2H6.CH4O.CH4.B.H2/c6*1-2;;;/h5*1-2H3;2H,1H3;1H4;;1H/i;;;;;;;;1+1. The van der Waals surface area contributed by atoms with E-state index in [1.54, 1.807) is 0 Å². The first-order chi connectivity index (χ1) is 6.00. The van der Waals surface area contributed by atoms with Crippen molar-refractivity contribution in [2.24, 2.45) is 0 Å². The highest BCUT2D eigenvalue weighted by Gasteiger charge is 0.940. The van der Waals surface area contributed by atoms with E-state index in [1.807, 2.05) is 69.2 Å². The van der Waals surface area contributed by atoms with Gasteiger partial charge in [0.2, 0.25) is 0 Å². The monoisotopic (exact) mass is 212 g/mol. The van der Waals surface area contributed by atoms with Crippen molar-refractivity contribution >= 4 is 8.41 Å². The van der Waals surface area contributed by atoms with Gasteiger partial charge in [0, 0.05) is 16.9 Å². The van der Waals surface area contributed by atoms with Crippen LogP contribution in [0.5, 0.6) is 0 Å². The molecule has 1 N–H and O–H groups in total. The summed E-state index contributed by atoms with van der Waals surface area (Å²) in [5.74, 6) is 0. The van der Waals surface area contributed by atoms with Gasteiger partial charge < -0.3 is 5.11 Å². The summed E-state index contributed by atoms with van der Waals surface area (Å²) in [6, 6.07) is 0. The molecule has 14 heavy (non-hydrogen) atoms. The van der Waals surface area contributed by atoms with Crippen LogP contribution in [0.4, 0.5) is 0 Å². The van der Waals surface area contributed by atoms with Crippen molar-refractivity contribution in [1.82, 2.24) is 0 Å². The van der Waals surface area contributed by atoms with Crippen LogP contribution in [0.3, 0.4) is 0 Å². The fourth-order valence-electron chi connectivity index (χ4n) is 0. The van der Waals surface area contributed by atoms with E-state index in [4.69, 9.17) is 5.11 Å². The molecule has 0 aliphatic carbocycles. The summed E-state index contributed by atoms with van der Waals surface area (Å²) in [7, 11) is 1.00. The van der Waals surface area contributed by atoms with Crippen LogP contribution in [0.25, 0.3) is 0 Å². The van der Waals surface area contributed by atoms with Gasteiger partial charge in [-0.1, -0.05) is 76.7 Å². The van der Waals surface area contributed by atoms with Crippen LogP contribution < -0.4 is 0 Å². The Balaban J connectivity index is -0.00000000396. The molecule has 0 unspecified atom stereocenters. The van der Waals surface area contributed by atoms with Crippen LogP contribution in [0, 0.1) is 0 Å². The molecule has 0 aliphatic heterocycles. The Bertz CT molecular complexity index is 15.6. The molecule has 0 fully saturated rings. The van der Waals surface area contributed by atoms with Crippen LogP contribution in [0.2, 0.25) is 0 Å². The molecule has 1 nitrogen and oxygen atoms in total. The molecule has 0 aromatic heterocycles. The summed E-state index contributed by atoms with van der Waals surface area (Å²) in [4.78, 5) is 0. The van der Waals surface area contributed by atoms with Crippen molar-refractivity contribution in [2.45, 2.75) is 76.7 Å². The van der Waals surface area contributed by atoms with Crippen molar-refractivity contribution < 1.29 is 6.53 Å². The molecule has 0 aliphatic rings. The SMILES string of the molecule is C.CC.CC.CC.CC.CC.CO.[2HH].[B]. The fraction of sp³-hybridized carbons (Fsp3) is 1.00. The Kier molecular flexibility index (Phi) is 14200000. The average molecular weight is 212 g/mol. The first-order valence-electron chi connectivity index (χ1n) is 5.45. The lowest BCUT2D eigenvalue weighted by atomic mass is 10.8. The van der Waals surface area contributed by atoms with Crippen molar-refractivity contribution in [1.29, 1.82) is 0 Å². The Morgan fingerprint density at radius 3 is 0.500 bits per heavy atom. The van der Waals surface area contributed by atoms with Gasteiger partial charge in [0.1, 0.15) is 0 Å². The molecule has 3 radical (unpaired) electrons. The zero-order valence-corrected chi connectivity index (χ0v) is 12.0. The zero-order chi connectivity index (χ0) is 12.0. The molecule has 0 atom stereocenters. The number of aliphatic hydroxyl groups excluding tert-OH is 1. The summed E-state index contributed by atoms with van der Waals surface area (Å²) in [6.07, 6.45) is 0. The fourth-order valence-corrected chi connectivity index (χ4v) is 0. The third-order valence-electron chi connectivity index (χ3n) is 0. The lowest BCUT2D eigenvalue weighted by Crippen LogP contribution is -1.25. The summed E-state index contributed by atoms with van der Waals surface area (Å²) >= 11 is 0. The highest BCUT2D eigenvalue weighted by atomic mass is 16.2. The quantitative estimate of drug-likeness (QED) is 0.544. The Labute approximate surface area is 99.4 Å². The smallest absolute Gasteiger partial charge is 0.0319 e. The first kappa shape index (κ1) is 65.5. The number of hydrogen-bond donors (Lipinski definition) is 1. The molecule has 0 spiro atoms. The lowest BCUT2D eigenvalue weighted by molar-refractivity contribution is 0.399. The minimum absolute atomic E-state index is 0. The second-order valence-corrected chi connectivity index (χ2v) is 0. The van der Waals surface area contributed by atoms with Gasteiger partial charge >= 0.3 is 0 Å². The minimum atomic E-state index is 0. The van der Waals surface area contributed by atoms with Gasteiger partial charge in [0.25, 0.3) is 0 Å². The molecule has 0 rings (SSSR count). The van der Waals surface area contributed by atoms with E-state index in [9.17, 15) is 0 Å². The molecular formula is C12H40BO. The summed E-state index contributed by atoms with van der Waals surface area (Å²) in [6.45, 7) is 20.0. The molecule has 97 valence electrons. The molecule has 0 aromatic carbocycles. The molecule has 0 amide bonds. The number of hydrogen-bond acceptors (Lipinski definition) is 1. The Morgan fingerprint density at radius 1 is 0.500 bits per heavy atom. The molecule has 0 aromatic rings. The van der Waals surface area contributed by atoms with Gasteiger partial charge in [0.15, 0.2) is 0 Å².